The molecule has 12 heavy (non-hydrogen) atoms. The highest BCUT2D eigenvalue weighted by Crippen LogP contribution is 2.24. The van der Waals surface area contributed by atoms with Crippen molar-refractivity contribution < 1.29 is 0 Å². The van der Waals surface area contributed by atoms with E-state index in [1.54, 1.807) is 0 Å². The molecule has 0 fully saturated rings. The molecule has 0 bridgehead atoms. The van der Waals surface area contributed by atoms with Crippen LogP contribution in [0.5, 0.6) is 0 Å². The first-order chi connectivity index (χ1) is 5.95. The Bertz CT molecular complexity index is 428. The van der Waals surface area contributed by atoms with Crippen molar-refractivity contribution in [3.8, 4) is 0 Å². The molecular formula is C10H10N2. The van der Waals surface area contributed by atoms with Crippen molar-refractivity contribution >= 4 is 10.9 Å². The summed E-state index contributed by atoms with van der Waals surface area (Å²) in [5.41, 5.74) is 2.77. The van der Waals surface area contributed by atoms with Crippen molar-refractivity contribution in [3.05, 3.63) is 30.2 Å². The lowest BCUT2D eigenvalue weighted by atomic mass is 10.2. The Kier molecular flexibility index (Phi) is 1.09. The van der Waals surface area contributed by atoms with Crippen molar-refractivity contribution in [2.24, 2.45) is 0 Å². The number of nitrogens with zero attached hydrogens (tertiary/aromatic N) is 2. The fourth-order valence-electron chi connectivity index (χ4n) is 2.05. The second kappa shape index (κ2) is 2.09. The van der Waals surface area contributed by atoms with Gasteiger partial charge >= 0.3 is 0 Å². The number of hydrogen-bond donors (Lipinski definition) is 0. The van der Waals surface area contributed by atoms with Crippen LogP contribution in [0.15, 0.2) is 24.5 Å². The lowest BCUT2D eigenvalue weighted by Crippen LogP contribution is -1.90. The summed E-state index contributed by atoms with van der Waals surface area (Å²) in [6.45, 7) is 1.17. The van der Waals surface area contributed by atoms with Gasteiger partial charge in [-0.05, 0) is 25.0 Å². The van der Waals surface area contributed by atoms with Crippen LogP contribution in [0.4, 0.5) is 0 Å². The molecule has 0 N–H and O–H groups in total. The van der Waals surface area contributed by atoms with Gasteiger partial charge in [0.25, 0.3) is 0 Å². The topological polar surface area (TPSA) is 17.8 Å². The molecule has 2 nitrogen and oxygen atoms in total. The minimum Gasteiger partial charge on any atom is -0.343 e. The Labute approximate surface area is 70.8 Å². The number of rotatable bonds is 0. The Morgan fingerprint density at radius 3 is 3.42 bits per heavy atom. The van der Waals surface area contributed by atoms with Crippen LogP contribution in [-0.2, 0) is 13.0 Å². The standard InChI is InChI=1S/C10H10N2/c1-2-9-6-8-3-4-11-7-10(8)12(9)5-1/h3-4,6-7H,1-2,5H2. The van der Waals surface area contributed by atoms with Gasteiger partial charge < -0.3 is 4.57 Å². The molecule has 0 unspecified atom stereocenters. The molecule has 0 amide bonds. The van der Waals surface area contributed by atoms with Gasteiger partial charge in [-0.1, -0.05) is 0 Å². The van der Waals surface area contributed by atoms with Gasteiger partial charge in [-0.2, -0.15) is 0 Å². The molecule has 0 spiro atoms. The number of aromatic nitrogens is 2. The maximum atomic E-state index is 4.14. The number of fused-ring (bicyclic) bond motifs is 3. The first-order valence-electron chi connectivity index (χ1n) is 4.37. The van der Waals surface area contributed by atoms with Crippen molar-refractivity contribution in [1.82, 2.24) is 9.55 Å². The normalized spacial score (nSPS) is 15.3. The highest BCUT2D eigenvalue weighted by molar-refractivity contribution is 5.80. The fraction of sp³-hybridized carbons (Fsp3) is 0.300. The van der Waals surface area contributed by atoms with Gasteiger partial charge in [-0.3, -0.25) is 4.98 Å². The summed E-state index contributed by atoms with van der Waals surface area (Å²) in [7, 11) is 0. The molecule has 1 aliphatic heterocycles. The second-order valence-corrected chi connectivity index (χ2v) is 3.33. The first-order valence-corrected chi connectivity index (χ1v) is 4.37. The lowest BCUT2D eigenvalue weighted by molar-refractivity contribution is 0.771. The molecule has 60 valence electrons. The van der Waals surface area contributed by atoms with E-state index in [9.17, 15) is 0 Å². The predicted molar refractivity (Wildman–Crippen MR) is 48.1 cm³/mol. The van der Waals surface area contributed by atoms with E-state index in [4.69, 9.17) is 0 Å². The van der Waals surface area contributed by atoms with Crippen molar-refractivity contribution in [1.29, 1.82) is 0 Å². The van der Waals surface area contributed by atoms with Gasteiger partial charge in [0.2, 0.25) is 0 Å². The predicted octanol–water partition coefficient (Wildman–Crippen LogP) is 1.98. The zero-order valence-corrected chi connectivity index (χ0v) is 6.83. The van der Waals surface area contributed by atoms with Crippen LogP contribution in [0.25, 0.3) is 10.9 Å². The van der Waals surface area contributed by atoms with Crippen LogP contribution in [0.1, 0.15) is 12.1 Å². The van der Waals surface area contributed by atoms with Gasteiger partial charge in [0, 0.05) is 23.8 Å². The van der Waals surface area contributed by atoms with Crippen LogP contribution >= 0.6 is 0 Å². The molecule has 3 rings (SSSR count). The molecule has 2 aromatic rings. The molecule has 2 aromatic heterocycles. The molecule has 0 saturated heterocycles. The van der Waals surface area contributed by atoms with Crippen molar-refractivity contribution in [2.45, 2.75) is 19.4 Å². The van der Waals surface area contributed by atoms with Gasteiger partial charge in [0.15, 0.2) is 0 Å². The van der Waals surface area contributed by atoms with Crippen molar-refractivity contribution in [2.75, 3.05) is 0 Å². The van der Waals surface area contributed by atoms with E-state index in [-0.39, 0.29) is 0 Å². The maximum Gasteiger partial charge on any atom is 0.0668 e. The maximum absolute atomic E-state index is 4.14. The van der Waals surface area contributed by atoms with E-state index >= 15 is 0 Å². The SMILES string of the molecule is c1cc2cc3n(c2cn1)CCC3. The minimum absolute atomic E-state index is 1.17. The molecular weight excluding hydrogens is 148 g/mol. The van der Waals surface area contributed by atoms with Crippen LogP contribution < -0.4 is 0 Å². The van der Waals surface area contributed by atoms with Crippen molar-refractivity contribution in [3.63, 3.8) is 0 Å². The van der Waals surface area contributed by atoms with E-state index in [0.29, 0.717) is 0 Å². The van der Waals surface area contributed by atoms with Crippen LogP contribution in [0.2, 0.25) is 0 Å². The number of aryl methyl sites for hydroxylation is 2. The van der Waals surface area contributed by atoms with Gasteiger partial charge in [0.05, 0.1) is 11.7 Å². The number of pyridine rings is 1. The zero-order chi connectivity index (χ0) is 7.97. The highest BCUT2D eigenvalue weighted by Gasteiger charge is 2.13. The largest absolute Gasteiger partial charge is 0.343 e. The fourth-order valence-corrected chi connectivity index (χ4v) is 2.05. The average molecular weight is 158 g/mol. The summed E-state index contributed by atoms with van der Waals surface area (Å²) in [4.78, 5) is 4.14. The lowest BCUT2D eigenvalue weighted by Gasteiger charge is -1.97. The third kappa shape index (κ3) is 0.670. The molecule has 3 heterocycles. The summed E-state index contributed by atoms with van der Waals surface area (Å²) in [6, 6.07) is 4.37. The summed E-state index contributed by atoms with van der Waals surface area (Å²) >= 11 is 0. The average Bonchev–Trinajstić information content (AvgIpc) is 2.62. The van der Waals surface area contributed by atoms with Gasteiger partial charge in [0.1, 0.15) is 0 Å². The number of hydrogen-bond acceptors (Lipinski definition) is 1. The monoisotopic (exact) mass is 158 g/mol. The molecule has 0 radical (unpaired) electrons. The summed E-state index contributed by atoms with van der Waals surface area (Å²) in [6.07, 6.45) is 6.34. The Balaban J connectivity index is 2.44. The van der Waals surface area contributed by atoms with E-state index in [1.165, 1.54) is 36.0 Å². The molecule has 0 atom stereocenters. The highest BCUT2D eigenvalue weighted by atomic mass is 15.0. The quantitative estimate of drug-likeness (QED) is 0.573. The van der Waals surface area contributed by atoms with E-state index in [2.05, 4.69) is 21.7 Å². The van der Waals surface area contributed by atoms with E-state index in [0.717, 1.165) is 0 Å². The second-order valence-electron chi connectivity index (χ2n) is 3.33. The minimum atomic E-state index is 1.17. The summed E-state index contributed by atoms with van der Waals surface area (Å²) in [5.74, 6) is 0. The molecule has 1 aliphatic rings. The van der Waals surface area contributed by atoms with Crippen LogP contribution in [0, 0.1) is 0 Å². The molecule has 0 saturated carbocycles. The van der Waals surface area contributed by atoms with E-state index in [1.807, 2.05) is 12.4 Å². The Hall–Kier alpha value is -1.31. The zero-order valence-electron chi connectivity index (χ0n) is 6.83. The third-order valence-electron chi connectivity index (χ3n) is 2.61. The van der Waals surface area contributed by atoms with Crippen LogP contribution in [-0.4, -0.2) is 9.55 Å². The molecule has 2 heteroatoms. The third-order valence-corrected chi connectivity index (χ3v) is 2.61. The van der Waals surface area contributed by atoms with Gasteiger partial charge in [-0.15, -0.1) is 0 Å². The molecule has 0 aliphatic carbocycles. The Morgan fingerprint density at radius 1 is 1.42 bits per heavy atom. The first kappa shape index (κ1) is 6.23. The smallest absolute Gasteiger partial charge is 0.0668 e. The van der Waals surface area contributed by atoms with Crippen LogP contribution in [0.3, 0.4) is 0 Å². The molecule has 0 aromatic carbocycles. The summed E-state index contributed by atoms with van der Waals surface area (Å²) < 4.78 is 2.38. The van der Waals surface area contributed by atoms with E-state index < -0.39 is 0 Å². The van der Waals surface area contributed by atoms with Gasteiger partial charge in [-0.25, -0.2) is 0 Å². The summed E-state index contributed by atoms with van der Waals surface area (Å²) in [5, 5.41) is 1.33. The Morgan fingerprint density at radius 2 is 2.42 bits per heavy atom.